The van der Waals surface area contributed by atoms with Crippen LogP contribution in [0.1, 0.15) is 26.2 Å². The average molecular weight is 211 g/mol. The molecule has 15 heavy (non-hydrogen) atoms. The van der Waals surface area contributed by atoms with Crippen LogP contribution in [0.5, 0.6) is 6.01 Å². The van der Waals surface area contributed by atoms with E-state index in [-0.39, 0.29) is 11.9 Å². The molecule has 0 bridgehead atoms. The third-order valence-electron chi connectivity index (χ3n) is 2.49. The standard InChI is InChI=1S/C9H13N3O3/c1-2-3-7-4-5-11-6-8(12(13)14)10-9(11)15-7/h6-7H,2-5H2,1H3. The predicted octanol–water partition coefficient (Wildman–Crippen LogP) is 1.74. The topological polar surface area (TPSA) is 70.2 Å². The molecule has 0 radical (unpaired) electrons. The van der Waals surface area contributed by atoms with Crippen LogP contribution >= 0.6 is 0 Å². The lowest BCUT2D eigenvalue weighted by atomic mass is 10.1. The highest BCUT2D eigenvalue weighted by Gasteiger charge is 2.27. The summed E-state index contributed by atoms with van der Waals surface area (Å²) < 4.78 is 7.25. The number of imidazole rings is 1. The maximum atomic E-state index is 10.5. The summed E-state index contributed by atoms with van der Waals surface area (Å²) in [6, 6.07) is 0.381. The Hall–Kier alpha value is -1.59. The van der Waals surface area contributed by atoms with E-state index in [9.17, 15) is 10.1 Å². The highest BCUT2D eigenvalue weighted by atomic mass is 16.6. The van der Waals surface area contributed by atoms with E-state index in [1.807, 2.05) is 0 Å². The highest BCUT2D eigenvalue weighted by Crippen LogP contribution is 2.25. The molecule has 0 N–H and O–H groups in total. The second-order valence-corrected chi connectivity index (χ2v) is 3.65. The van der Waals surface area contributed by atoms with E-state index >= 15 is 0 Å². The van der Waals surface area contributed by atoms with E-state index in [0.717, 1.165) is 25.8 Å². The first-order valence-corrected chi connectivity index (χ1v) is 5.09. The van der Waals surface area contributed by atoms with Gasteiger partial charge in [0.15, 0.2) is 0 Å². The van der Waals surface area contributed by atoms with Gasteiger partial charge in [0.1, 0.15) is 12.3 Å². The molecule has 82 valence electrons. The summed E-state index contributed by atoms with van der Waals surface area (Å²) >= 11 is 0. The number of nitrogens with zero attached hydrogens (tertiary/aromatic N) is 3. The second kappa shape index (κ2) is 3.88. The summed E-state index contributed by atoms with van der Waals surface area (Å²) in [5, 5.41) is 10.5. The molecule has 2 heterocycles. The number of hydrogen-bond acceptors (Lipinski definition) is 4. The van der Waals surface area contributed by atoms with Crippen LogP contribution in [0.15, 0.2) is 6.20 Å². The zero-order valence-corrected chi connectivity index (χ0v) is 8.55. The summed E-state index contributed by atoms with van der Waals surface area (Å²) in [5.74, 6) is -0.137. The van der Waals surface area contributed by atoms with Gasteiger partial charge in [-0.05, 0) is 11.3 Å². The Labute approximate surface area is 87.0 Å². The van der Waals surface area contributed by atoms with Crippen molar-refractivity contribution in [3.63, 3.8) is 0 Å². The smallest absolute Gasteiger partial charge is 0.414 e. The first kappa shape index (κ1) is 9.95. The number of fused-ring (bicyclic) bond motifs is 1. The van der Waals surface area contributed by atoms with Crippen molar-refractivity contribution in [1.29, 1.82) is 0 Å². The Bertz CT molecular complexity index is 375. The van der Waals surface area contributed by atoms with Crippen LogP contribution in [-0.2, 0) is 6.54 Å². The van der Waals surface area contributed by atoms with Gasteiger partial charge in [-0.2, -0.15) is 0 Å². The van der Waals surface area contributed by atoms with Crippen molar-refractivity contribution in [3.05, 3.63) is 16.3 Å². The van der Waals surface area contributed by atoms with Gasteiger partial charge in [-0.3, -0.25) is 4.57 Å². The monoisotopic (exact) mass is 211 g/mol. The van der Waals surface area contributed by atoms with Crippen LogP contribution in [0.3, 0.4) is 0 Å². The molecule has 1 atom stereocenters. The fourth-order valence-electron chi connectivity index (χ4n) is 1.74. The van der Waals surface area contributed by atoms with Crippen molar-refractivity contribution in [2.24, 2.45) is 0 Å². The summed E-state index contributed by atoms with van der Waals surface area (Å²) in [7, 11) is 0. The first-order chi connectivity index (χ1) is 7.20. The van der Waals surface area contributed by atoms with Gasteiger partial charge in [-0.15, -0.1) is 0 Å². The number of rotatable bonds is 3. The number of aryl methyl sites for hydroxylation is 1. The Morgan fingerprint density at radius 2 is 2.60 bits per heavy atom. The SMILES string of the molecule is CCCC1CCn2cc([N+](=O)[O-])nc2O1. The van der Waals surface area contributed by atoms with Crippen LogP contribution in [0.2, 0.25) is 0 Å². The Kier molecular flexibility index (Phi) is 2.57. The van der Waals surface area contributed by atoms with Crippen LogP contribution in [0.4, 0.5) is 5.82 Å². The van der Waals surface area contributed by atoms with Crippen molar-refractivity contribution in [1.82, 2.24) is 9.55 Å². The summed E-state index contributed by atoms with van der Waals surface area (Å²) in [6.07, 6.45) is 4.50. The first-order valence-electron chi connectivity index (χ1n) is 5.09. The molecule has 1 aliphatic rings. The van der Waals surface area contributed by atoms with Crippen molar-refractivity contribution >= 4 is 5.82 Å². The lowest BCUT2D eigenvalue weighted by molar-refractivity contribution is -0.389. The maximum Gasteiger partial charge on any atom is 0.414 e. The van der Waals surface area contributed by atoms with E-state index < -0.39 is 4.92 Å². The van der Waals surface area contributed by atoms with Gasteiger partial charge in [-0.25, -0.2) is 0 Å². The third kappa shape index (κ3) is 1.93. The van der Waals surface area contributed by atoms with Crippen molar-refractivity contribution in [2.75, 3.05) is 0 Å². The summed E-state index contributed by atoms with van der Waals surface area (Å²) in [4.78, 5) is 13.8. The van der Waals surface area contributed by atoms with Crippen molar-refractivity contribution in [3.8, 4) is 6.01 Å². The van der Waals surface area contributed by atoms with E-state index in [1.54, 1.807) is 4.57 Å². The third-order valence-corrected chi connectivity index (χ3v) is 2.49. The van der Waals surface area contributed by atoms with E-state index in [1.165, 1.54) is 6.20 Å². The van der Waals surface area contributed by atoms with Crippen LogP contribution < -0.4 is 4.74 Å². The molecule has 0 fully saturated rings. The van der Waals surface area contributed by atoms with E-state index in [4.69, 9.17) is 4.74 Å². The second-order valence-electron chi connectivity index (χ2n) is 3.65. The van der Waals surface area contributed by atoms with E-state index in [2.05, 4.69) is 11.9 Å². The Balaban J connectivity index is 2.15. The molecule has 0 saturated carbocycles. The Morgan fingerprint density at radius 3 is 3.27 bits per heavy atom. The fraction of sp³-hybridized carbons (Fsp3) is 0.667. The molecular formula is C9H13N3O3. The Morgan fingerprint density at radius 1 is 1.80 bits per heavy atom. The number of hydrogen-bond donors (Lipinski definition) is 0. The molecular weight excluding hydrogens is 198 g/mol. The molecule has 0 amide bonds. The zero-order chi connectivity index (χ0) is 10.8. The molecule has 0 aromatic carbocycles. The summed E-state index contributed by atoms with van der Waals surface area (Å²) in [6.45, 7) is 2.84. The minimum absolute atomic E-state index is 0.137. The number of nitro groups is 1. The van der Waals surface area contributed by atoms with Crippen LogP contribution in [0, 0.1) is 10.1 Å². The van der Waals surface area contributed by atoms with Gasteiger partial charge in [-0.1, -0.05) is 13.3 Å². The lowest BCUT2D eigenvalue weighted by Crippen LogP contribution is -2.25. The average Bonchev–Trinajstić information content (AvgIpc) is 2.61. The van der Waals surface area contributed by atoms with Gasteiger partial charge in [0.25, 0.3) is 0 Å². The molecule has 2 rings (SSSR count). The molecule has 1 aromatic heterocycles. The molecule has 0 spiro atoms. The molecule has 0 aliphatic carbocycles. The highest BCUT2D eigenvalue weighted by molar-refractivity contribution is 5.21. The largest absolute Gasteiger partial charge is 0.442 e. The van der Waals surface area contributed by atoms with Crippen molar-refractivity contribution in [2.45, 2.75) is 38.8 Å². The molecule has 1 aromatic rings. The molecule has 0 saturated heterocycles. The lowest BCUT2D eigenvalue weighted by Gasteiger charge is -2.21. The quantitative estimate of drug-likeness (QED) is 0.564. The minimum Gasteiger partial charge on any atom is -0.442 e. The van der Waals surface area contributed by atoms with Gasteiger partial charge < -0.3 is 14.9 Å². The van der Waals surface area contributed by atoms with Crippen molar-refractivity contribution < 1.29 is 9.66 Å². The summed E-state index contributed by atoms with van der Waals surface area (Å²) in [5.41, 5.74) is 0. The predicted molar refractivity (Wildman–Crippen MR) is 52.8 cm³/mol. The van der Waals surface area contributed by atoms with Crippen LogP contribution in [0.25, 0.3) is 0 Å². The maximum absolute atomic E-state index is 10.5. The van der Waals surface area contributed by atoms with E-state index in [0.29, 0.717) is 6.01 Å². The minimum atomic E-state index is -0.497. The number of aromatic nitrogens is 2. The molecule has 1 unspecified atom stereocenters. The fourth-order valence-corrected chi connectivity index (χ4v) is 1.74. The zero-order valence-electron chi connectivity index (χ0n) is 8.55. The number of ether oxygens (including phenoxy) is 1. The van der Waals surface area contributed by atoms with Gasteiger partial charge in [0, 0.05) is 17.9 Å². The molecule has 6 nitrogen and oxygen atoms in total. The molecule has 1 aliphatic heterocycles. The van der Waals surface area contributed by atoms with Gasteiger partial charge in [0.2, 0.25) is 0 Å². The molecule has 6 heteroatoms. The normalized spacial score (nSPS) is 19.4. The van der Waals surface area contributed by atoms with Gasteiger partial charge >= 0.3 is 11.8 Å². The van der Waals surface area contributed by atoms with Crippen LogP contribution in [-0.4, -0.2) is 20.6 Å². The van der Waals surface area contributed by atoms with Gasteiger partial charge in [0.05, 0.1) is 0 Å².